The third-order valence-corrected chi connectivity index (χ3v) is 3.62. The van der Waals surface area contributed by atoms with E-state index in [1.165, 1.54) is 0 Å². The van der Waals surface area contributed by atoms with Crippen molar-refractivity contribution < 1.29 is 9.53 Å². The van der Waals surface area contributed by atoms with Crippen molar-refractivity contribution in [2.45, 2.75) is 32.3 Å². The van der Waals surface area contributed by atoms with E-state index in [1.54, 1.807) is 0 Å². The maximum Gasteiger partial charge on any atom is 0.313 e. The lowest BCUT2D eigenvalue weighted by molar-refractivity contribution is -0.143. The van der Waals surface area contributed by atoms with Crippen LogP contribution >= 0.6 is 0 Å². The van der Waals surface area contributed by atoms with Gasteiger partial charge in [0.2, 0.25) is 0 Å². The highest BCUT2D eigenvalue weighted by molar-refractivity contribution is 5.80. The molecule has 98 valence electrons. The van der Waals surface area contributed by atoms with Gasteiger partial charge in [0, 0.05) is 13.0 Å². The van der Waals surface area contributed by atoms with Crippen molar-refractivity contribution in [3.8, 4) is 0 Å². The van der Waals surface area contributed by atoms with Gasteiger partial charge in [-0.3, -0.25) is 4.79 Å². The van der Waals surface area contributed by atoms with E-state index < -0.39 is 0 Å². The smallest absolute Gasteiger partial charge is 0.313 e. The first kappa shape index (κ1) is 13.1. The van der Waals surface area contributed by atoms with Gasteiger partial charge in [0.1, 0.15) is 6.10 Å². The van der Waals surface area contributed by atoms with Crippen LogP contribution < -0.4 is 0 Å². The average Bonchev–Trinajstić information content (AvgIpc) is 2.78. The molecule has 1 saturated heterocycles. The Balaban J connectivity index is 1.99. The molecule has 1 aromatic rings. The molecule has 0 saturated carbocycles. The van der Waals surface area contributed by atoms with E-state index >= 15 is 0 Å². The van der Waals surface area contributed by atoms with E-state index in [4.69, 9.17) is 4.74 Å². The number of ether oxygens (including phenoxy) is 1. The standard InChI is InChI=1S/C15H21NO2/c1-3-16(4-2)11-13-10-14(15(17)18-13)12-8-6-5-7-9-12/h5-9,13-14H,3-4,10-11H2,1-2H3. The number of hydrogen-bond donors (Lipinski definition) is 0. The minimum atomic E-state index is -0.0771. The Bertz CT molecular complexity index is 387. The second kappa shape index (κ2) is 6.01. The summed E-state index contributed by atoms with van der Waals surface area (Å²) in [4.78, 5) is 14.2. The second-order valence-corrected chi connectivity index (χ2v) is 4.74. The zero-order valence-corrected chi connectivity index (χ0v) is 11.1. The molecular weight excluding hydrogens is 226 g/mol. The minimum Gasteiger partial charge on any atom is -0.461 e. The number of likely N-dealkylation sites (N-methyl/N-ethyl adjacent to an activating group) is 1. The highest BCUT2D eigenvalue weighted by Crippen LogP contribution is 2.30. The van der Waals surface area contributed by atoms with E-state index in [2.05, 4.69) is 18.7 Å². The molecule has 0 N–H and O–H groups in total. The summed E-state index contributed by atoms with van der Waals surface area (Å²) >= 11 is 0. The molecule has 0 bridgehead atoms. The number of carbonyl (C=O) groups is 1. The second-order valence-electron chi connectivity index (χ2n) is 4.74. The fourth-order valence-corrected chi connectivity index (χ4v) is 2.49. The number of cyclic esters (lactones) is 1. The zero-order valence-electron chi connectivity index (χ0n) is 11.1. The van der Waals surface area contributed by atoms with Gasteiger partial charge in [0.25, 0.3) is 0 Å². The highest BCUT2D eigenvalue weighted by atomic mass is 16.6. The van der Waals surface area contributed by atoms with Gasteiger partial charge >= 0.3 is 5.97 Å². The molecule has 2 atom stereocenters. The summed E-state index contributed by atoms with van der Waals surface area (Å²) in [7, 11) is 0. The Morgan fingerprint density at radius 2 is 1.89 bits per heavy atom. The molecule has 1 fully saturated rings. The third kappa shape index (κ3) is 2.91. The van der Waals surface area contributed by atoms with Crippen LogP contribution in [-0.4, -0.2) is 36.6 Å². The monoisotopic (exact) mass is 247 g/mol. The molecule has 0 amide bonds. The van der Waals surface area contributed by atoms with Crippen molar-refractivity contribution in [2.75, 3.05) is 19.6 Å². The fourth-order valence-electron chi connectivity index (χ4n) is 2.49. The summed E-state index contributed by atoms with van der Waals surface area (Å²) in [6, 6.07) is 9.93. The number of hydrogen-bond acceptors (Lipinski definition) is 3. The van der Waals surface area contributed by atoms with Crippen LogP contribution in [0.15, 0.2) is 30.3 Å². The maximum atomic E-state index is 11.9. The lowest BCUT2D eigenvalue weighted by Crippen LogP contribution is -2.32. The van der Waals surface area contributed by atoms with E-state index in [1.807, 2.05) is 30.3 Å². The Morgan fingerprint density at radius 1 is 1.22 bits per heavy atom. The van der Waals surface area contributed by atoms with Crippen LogP contribution in [0.1, 0.15) is 31.7 Å². The molecule has 0 aliphatic carbocycles. The molecule has 0 radical (unpaired) electrons. The average molecular weight is 247 g/mol. The summed E-state index contributed by atoms with van der Waals surface area (Å²) in [6.07, 6.45) is 0.849. The molecule has 1 aromatic carbocycles. The summed E-state index contributed by atoms with van der Waals surface area (Å²) in [5.41, 5.74) is 1.07. The van der Waals surface area contributed by atoms with Crippen LogP contribution in [0.5, 0.6) is 0 Å². The van der Waals surface area contributed by atoms with Crippen LogP contribution in [0.4, 0.5) is 0 Å². The summed E-state index contributed by atoms with van der Waals surface area (Å²) in [5.74, 6) is -0.148. The van der Waals surface area contributed by atoms with Crippen LogP contribution in [0.2, 0.25) is 0 Å². The first-order chi connectivity index (χ1) is 8.74. The van der Waals surface area contributed by atoms with Crippen molar-refractivity contribution in [1.82, 2.24) is 4.90 Å². The third-order valence-electron chi connectivity index (χ3n) is 3.62. The minimum absolute atomic E-state index is 0.0441. The maximum absolute atomic E-state index is 11.9. The predicted molar refractivity (Wildman–Crippen MR) is 71.5 cm³/mol. The van der Waals surface area contributed by atoms with Gasteiger partial charge in [-0.05, 0) is 18.7 Å². The van der Waals surface area contributed by atoms with Crippen LogP contribution in [0.3, 0.4) is 0 Å². The van der Waals surface area contributed by atoms with Gasteiger partial charge < -0.3 is 9.64 Å². The molecule has 2 rings (SSSR count). The number of benzene rings is 1. The lowest BCUT2D eigenvalue weighted by Gasteiger charge is -2.21. The van der Waals surface area contributed by atoms with Crippen molar-refractivity contribution in [2.24, 2.45) is 0 Å². The van der Waals surface area contributed by atoms with Crippen molar-refractivity contribution in [3.05, 3.63) is 35.9 Å². The summed E-state index contributed by atoms with van der Waals surface area (Å²) < 4.78 is 5.48. The first-order valence-electron chi connectivity index (χ1n) is 6.72. The van der Waals surface area contributed by atoms with Gasteiger partial charge in [0.15, 0.2) is 0 Å². The molecular formula is C15H21NO2. The largest absolute Gasteiger partial charge is 0.461 e. The number of rotatable bonds is 5. The molecule has 1 aliphatic rings. The molecule has 1 heterocycles. The van der Waals surface area contributed by atoms with Crippen molar-refractivity contribution in [1.29, 1.82) is 0 Å². The summed E-state index contributed by atoms with van der Waals surface area (Å²) in [5, 5.41) is 0. The number of esters is 1. The Kier molecular flexibility index (Phi) is 4.37. The van der Waals surface area contributed by atoms with Gasteiger partial charge in [-0.1, -0.05) is 44.2 Å². The van der Waals surface area contributed by atoms with Crippen LogP contribution in [0.25, 0.3) is 0 Å². The lowest BCUT2D eigenvalue weighted by atomic mass is 9.96. The molecule has 3 heteroatoms. The van der Waals surface area contributed by atoms with E-state index in [9.17, 15) is 4.79 Å². The van der Waals surface area contributed by atoms with Crippen LogP contribution in [-0.2, 0) is 9.53 Å². The van der Waals surface area contributed by atoms with E-state index in [-0.39, 0.29) is 18.0 Å². The quantitative estimate of drug-likeness (QED) is 0.748. The number of nitrogens with zero attached hydrogens (tertiary/aromatic N) is 1. The molecule has 3 nitrogen and oxygen atoms in total. The molecule has 1 aliphatic heterocycles. The van der Waals surface area contributed by atoms with E-state index in [0.29, 0.717) is 0 Å². The Morgan fingerprint density at radius 3 is 2.50 bits per heavy atom. The van der Waals surface area contributed by atoms with E-state index in [0.717, 1.165) is 31.6 Å². The number of carbonyl (C=O) groups excluding carboxylic acids is 1. The highest BCUT2D eigenvalue weighted by Gasteiger charge is 2.35. The normalized spacial score (nSPS) is 23.4. The fraction of sp³-hybridized carbons (Fsp3) is 0.533. The van der Waals surface area contributed by atoms with Crippen molar-refractivity contribution in [3.63, 3.8) is 0 Å². The Hall–Kier alpha value is -1.35. The molecule has 18 heavy (non-hydrogen) atoms. The van der Waals surface area contributed by atoms with Gasteiger partial charge in [-0.2, -0.15) is 0 Å². The van der Waals surface area contributed by atoms with Crippen LogP contribution in [0, 0.1) is 0 Å². The van der Waals surface area contributed by atoms with Crippen molar-refractivity contribution >= 4 is 5.97 Å². The topological polar surface area (TPSA) is 29.5 Å². The summed E-state index contributed by atoms with van der Waals surface area (Å²) in [6.45, 7) is 7.12. The molecule has 0 spiro atoms. The van der Waals surface area contributed by atoms with Gasteiger partial charge in [0.05, 0.1) is 5.92 Å². The molecule has 0 aromatic heterocycles. The first-order valence-corrected chi connectivity index (χ1v) is 6.72. The zero-order chi connectivity index (χ0) is 13.0. The predicted octanol–water partition coefficient (Wildman–Crippen LogP) is 2.43. The SMILES string of the molecule is CCN(CC)CC1CC(c2ccccc2)C(=O)O1. The van der Waals surface area contributed by atoms with Gasteiger partial charge in [-0.15, -0.1) is 0 Å². The van der Waals surface area contributed by atoms with Gasteiger partial charge in [-0.25, -0.2) is 0 Å². The Labute approximate surface area is 109 Å². The molecule has 2 unspecified atom stereocenters.